The molecule has 4 rings (SSSR count). The van der Waals surface area contributed by atoms with Gasteiger partial charge in [0.1, 0.15) is 0 Å². The Kier molecular flexibility index (Phi) is 0.984. The summed E-state index contributed by atoms with van der Waals surface area (Å²) < 4.78 is 5.74. The Morgan fingerprint density at radius 1 is 1.00 bits per heavy atom. The first kappa shape index (κ1) is 5.59. The highest BCUT2D eigenvalue weighted by Gasteiger charge is 2.43. The Balaban J connectivity index is 1.90. The molecular weight excluding hydrogens is 124 g/mol. The van der Waals surface area contributed by atoms with Gasteiger partial charge in [-0.05, 0) is 43.9 Å². The van der Waals surface area contributed by atoms with E-state index in [-0.39, 0.29) is 0 Å². The fraction of sp³-hybridized carbons (Fsp3) is 0.889. The number of hydrogen-bond donors (Lipinski definition) is 0. The van der Waals surface area contributed by atoms with Crippen LogP contribution in [0.5, 0.6) is 0 Å². The van der Waals surface area contributed by atoms with Gasteiger partial charge >= 0.3 is 0 Å². The summed E-state index contributed by atoms with van der Waals surface area (Å²) in [6, 6.07) is 0. The number of hydrogen-bond acceptors (Lipinski definition) is 1. The molecule has 2 aliphatic heterocycles. The summed E-state index contributed by atoms with van der Waals surface area (Å²) in [7, 11) is 0. The van der Waals surface area contributed by atoms with Crippen molar-refractivity contribution in [3.05, 3.63) is 6.10 Å². The number of ether oxygens (including phenoxy) is 1. The Labute approximate surface area is 61.8 Å². The van der Waals surface area contributed by atoms with Gasteiger partial charge in [-0.2, -0.15) is 0 Å². The molecule has 0 aromatic heterocycles. The smallest absolute Gasteiger partial charge is 0.0980 e. The first-order valence-corrected chi connectivity index (χ1v) is 4.41. The van der Waals surface area contributed by atoms with Crippen LogP contribution in [-0.2, 0) is 4.74 Å². The third kappa shape index (κ3) is 0.672. The largest absolute Gasteiger partial charge is 0.369 e. The average molecular weight is 137 g/mol. The van der Waals surface area contributed by atoms with Crippen molar-refractivity contribution < 1.29 is 4.74 Å². The fourth-order valence-electron chi connectivity index (χ4n) is 2.99. The van der Waals surface area contributed by atoms with E-state index < -0.39 is 0 Å². The third-order valence-corrected chi connectivity index (χ3v) is 3.23. The molecule has 0 N–H and O–H groups in total. The minimum absolute atomic E-state index is 0.640. The maximum Gasteiger partial charge on any atom is 0.0980 e. The Morgan fingerprint density at radius 3 is 2.20 bits per heavy atom. The zero-order valence-electron chi connectivity index (χ0n) is 6.18. The van der Waals surface area contributed by atoms with Gasteiger partial charge in [0.2, 0.25) is 0 Å². The van der Waals surface area contributed by atoms with Crippen molar-refractivity contribution in [1.29, 1.82) is 0 Å². The first-order chi connectivity index (χ1) is 4.90. The first-order valence-electron chi connectivity index (χ1n) is 4.41. The van der Waals surface area contributed by atoms with Crippen LogP contribution in [0.2, 0.25) is 0 Å². The predicted molar refractivity (Wildman–Crippen MR) is 38.2 cm³/mol. The molecule has 0 aromatic carbocycles. The SMILES string of the molecule is C1[C]2C[C@@H]3CC(C[C@@H]1C3)O2. The van der Waals surface area contributed by atoms with Crippen molar-refractivity contribution in [2.24, 2.45) is 11.8 Å². The fourth-order valence-corrected chi connectivity index (χ4v) is 2.99. The Bertz CT molecular complexity index is 96.3. The van der Waals surface area contributed by atoms with E-state index in [1.165, 1.54) is 38.2 Å². The zero-order valence-corrected chi connectivity index (χ0v) is 6.18. The maximum absolute atomic E-state index is 5.74. The van der Waals surface area contributed by atoms with Gasteiger partial charge in [-0.1, -0.05) is 0 Å². The molecule has 55 valence electrons. The van der Waals surface area contributed by atoms with Crippen LogP contribution in [0.15, 0.2) is 0 Å². The van der Waals surface area contributed by atoms with Crippen molar-refractivity contribution >= 4 is 0 Å². The summed E-state index contributed by atoms with van der Waals surface area (Å²) in [4.78, 5) is 0. The van der Waals surface area contributed by atoms with Gasteiger partial charge in [0.15, 0.2) is 0 Å². The van der Waals surface area contributed by atoms with Gasteiger partial charge < -0.3 is 4.74 Å². The molecule has 2 saturated carbocycles. The standard InChI is InChI=1S/C9H13O/c1-6-2-8-4-7(1)5-9(3-6)10-8/h6-8H,1-5H2/t6-,7-/m0/s1. The van der Waals surface area contributed by atoms with Crippen LogP contribution in [0.1, 0.15) is 32.1 Å². The van der Waals surface area contributed by atoms with E-state index in [0.29, 0.717) is 6.10 Å². The molecule has 0 unspecified atom stereocenters. The summed E-state index contributed by atoms with van der Waals surface area (Å²) in [5.41, 5.74) is 0. The van der Waals surface area contributed by atoms with Crippen molar-refractivity contribution in [1.82, 2.24) is 0 Å². The lowest BCUT2D eigenvalue weighted by Gasteiger charge is -2.48. The minimum Gasteiger partial charge on any atom is -0.369 e. The van der Waals surface area contributed by atoms with Crippen LogP contribution < -0.4 is 0 Å². The molecule has 1 radical (unpaired) electrons. The molecule has 0 amide bonds. The quantitative estimate of drug-likeness (QED) is 0.497. The van der Waals surface area contributed by atoms with E-state index in [0.717, 1.165) is 11.8 Å². The van der Waals surface area contributed by atoms with Crippen molar-refractivity contribution in [3.8, 4) is 0 Å². The highest BCUT2D eigenvalue weighted by atomic mass is 16.5. The van der Waals surface area contributed by atoms with Gasteiger partial charge in [-0.15, -0.1) is 0 Å². The van der Waals surface area contributed by atoms with E-state index in [1.54, 1.807) is 0 Å². The predicted octanol–water partition coefficient (Wildman–Crippen LogP) is 2.13. The van der Waals surface area contributed by atoms with Crippen LogP contribution in [0, 0.1) is 17.9 Å². The summed E-state index contributed by atoms with van der Waals surface area (Å²) >= 11 is 0. The molecule has 10 heavy (non-hydrogen) atoms. The second kappa shape index (κ2) is 1.76. The van der Waals surface area contributed by atoms with E-state index in [2.05, 4.69) is 0 Å². The molecule has 4 fully saturated rings. The van der Waals surface area contributed by atoms with Crippen molar-refractivity contribution in [2.45, 2.75) is 38.2 Å². The average Bonchev–Trinajstić information content (AvgIpc) is 1.82. The summed E-state index contributed by atoms with van der Waals surface area (Å²) in [5.74, 6) is 2.03. The van der Waals surface area contributed by atoms with Crippen LogP contribution in [0.25, 0.3) is 0 Å². The monoisotopic (exact) mass is 137 g/mol. The molecule has 2 saturated heterocycles. The second-order valence-corrected chi connectivity index (χ2v) is 4.13. The topological polar surface area (TPSA) is 9.23 Å². The van der Waals surface area contributed by atoms with E-state index in [9.17, 15) is 0 Å². The van der Waals surface area contributed by atoms with Crippen LogP contribution in [0.4, 0.5) is 0 Å². The van der Waals surface area contributed by atoms with Crippen molar-refractivity contribution in [3.63, 3.8) is 0 Å². The van der Waals surface area contributed by atoms with Gasteiger partial charge in [0.25, 0.3) is 0 Å². The van der Waals surface area contributed by atoms with Crippen LogP contribution in [-0.4, -0.2) is 6.10 Å². The highest BCUT2D eigenvalue weighted by molar-refractivity contribution is 5.01. The third-order valence-electron chi connectivity index (χ3n) is 3.23. The molecule has 0 aromatic rings. The lowest BCUT2D eigenvalue weighted by Crippen LogP contribution is -2.42. The normalized spacial score (nSPS) is 52.2. The summed E-state index contributed by atoms with van der Waals surface area (Å²) in [5, 5.41) is 0. The van der Waals surface area contributed by atoms with Crippen molar-refractivity contribution in [2.75, 3.05) is 0 Å². The molecule has 2 atom stereocenters. The van der Waals surface area contributed by atoms with Crippen LogP contribution in [0.3, 0.4) is 0 Å². The summed E-state index contributed by atoms with van der Waals surface area (Å²) in [6.45, 7) is 0. The second-order valence-electron chi connectivity index (χ2n) is 4.13. The molecular formula is C9H13O. The number of rotatable bonds is 0. The minimum atomic E-state index is 0.640. The van der Waals surface area contributed by atoms with E-state index >= 15 is 0 Å². The molecule has 2 heterocycles. The molecule has 1 nitrogen and oxygen atoms in total. The lowest BCUT2D eigenvalue weighted by molar-refractivity contribution is -0.0961. The summed E-state index contributed by atoms with van der Waals surface area (Å²) in [6.07, 6.45) is 8.90. The zero-order chi connectivity index (χ0) is 6.55. The molecule has 0 spiro atoms. The molecule has 4 aliphatic rings. The lowest BCUT2D eigenvalue weighted by atomic mass is 9.67. The van der Waals surface area contributed by atoms with Gasteiger partial charge in [-0.25, -0.2) is 0 Å². The van der Waals surface area contributed by atoms with E-state index in [4.69, 9.17) is 4.74 Å². The van der Waals surface area contributed by atoms with Gasteiger partial charge in [0.05, 0.1) is 12.2 Å². The highest BCUT2D eigenvalue weighted by Crippen LogP contribution is 2.50. The Morgan fingerprint density at radius 2 is 1.70 bits per heavy atom. The Hall–Kier alpha value is -0.0400. The molecule has 1 heteroatoms. The van der Waals surface area contributed by atoms with Gasteiger partial charge in [0, 0.05) is 0 Å². The van der Waals surface area contributed by atoms with E-state index in [1.807, 2.05) is 0 Å². The maximum atomic E-state index is 5.74. The molecule has 4 bridgehead atoms. The van der Waals surface area contributed by atoms with Crippen LogP contribution >= 0.6 is 0 Å². The molecule has 2 aliphatic carbocycles. The van der Waals surface area contributed by atoms with Gasteiger partial charge in [-0.3, -0.25) is 0 Å².